The van der Waals surface area contributed by atoms with E-state index >= 15 is 0 Å². The van der Waals surface area contributed by atoms with Crippen molar-refractivity contribution in [2.75, 3.05) is 13.6 Å². The Morgan fingerprint density at radius 2 is 2.15 bits per heavy atom. The van der Waals surface area contributed by atoms with Crippen LogP contribution < -0.4 is 5.32 Å². The molecule has 3 atom stereocenters. The van der Waals surface area contributed by atoms with Crippen molar-refractivity contribution in [3.05, 3.63) is 18.2 Å². The van der Waals surface area contributed by atoms with Gasteiger partial charge in [0.05, 0.1) is 0 Å². The molecule has 3 unspecified atom stereocenters. The Balaban J connectivity index is 2.03. The predicted octanol–water partition coefficient (Wildman–Crippen LogP) is 3.50. The lowest BCUT2D eigenvalue weighted by Crippen LogP contribution is -2.33. The molecule has 1 saturated carbocycles. The highest BCUT2D eigenvalue weighted by molar-refractivity contribution is 4.96. The molecule has 0 aromatic carbocycles. The van der Waals surface area contributed by atoms with Crippen molar-refractivity contribution in [3.63, 3.8) is 0 Å². The Morgan fingerprint density at radius 3 is 2.85 bits per heavy atom. The summed E-state index contributed by atoms with van der Waals surface area (Å²) in [6.07, 6.45) is 12.0. The predicted molar refractivity (Wildman–Crippen MR) is 84.8 cm³/mol. The molecule has 2 rings (SSSR count). The van der Waals surface area contributed by atoms with Gasteiger partial charge in [0, 0.05) is 25.4 Å². The summed E-state index contributed by atoms with van der Waals surface area (Å²) < 4.78 is 2.35. The lowest BCUT2D eigenvalue weighted by molar-refractivity contribution is 0.170. The average molecular weight is 277 g/mol. The maximum Gasteiger partial charge on any atom is 0.108 e. The first-order chi connectivity index (χ1) is 9.78. The molecular weight excluding hydrogens is 246 g/mol. The monoisotopic (exact) mass is 277 g/mol. The fourth-order valence-electron chi connectivity index (χ4n) is 3.78. The maximum absolute atomic E-state index is 4.62. The van der Waals surface area contributed by atoms with Crippen LogP contribution in [0, 0.1) is 17.8 Å². The third-order valence-electron chi connectivity index (χ3n) is 5.00. The molecule has 0 aliphatic heterocycles. The smallest absolute Gasteiger partial charge is 0.108 e. The van der Waals surface area contributed by atoms with E-state index < -0.39 is 0 Å². The molecule has 3 nitrogen and oxygen atoms in total. The molecule has 0 bridgehead atoms. The number of hydrogen-bond donors (Lipinski definition) is 1. The minimum Gasteiger partial charge on any atom is -0.335 e. The molecule has 1 N–H and O–H groups in total. The van der Waals surface area contributed by atoms with E-state index in [1.807, 2.05) is 6.20 Å². The van der Waals surface area contributed by atoms with Crippen molar-refractivity contribution in [3.8, 4) is 0 Å². The lowest BCUT2D eigenvalue weighted by Gasteiger charge is -2.36. The lowest BCUT2D eigenvalue weighted by atomic mass is 9.71. The molecular formula is C17H31N3. The fraction of sp³-hybridized carbons (Fsp3) is 0.824. The van der Waals surface area contributed by atoms with Crippen LogP contribution in [0.2, 0.25) is 0 Å². The molecule has 20 heavy (non-hydrogen) atoms. The summed E-state index contributed by atoms with van der Waals surface area (Å²) in [5.74, 6) is 3.87. The highest BCUT2D eigenvalue weighted by Gasteiger charge is 2.30. The van der Waals surface area contributed by atoms with Crippen LogP contribution in [0.1, 0.15) is 51.8 Å². The number of rotatable bonds is 7. The van der Waals surface area contributed by atoms with Gasteiger partial charge in [0.15, 0.2) is 0 Å². The number of nitrogens with zero attached hydrogens (tertiary/aromatic N) is 2. The van der Waals surface area contributed by atoms with Crippen LogP contribution in [-0.4, -0.2) is 23.1 Å². The second-order valence-electron chi connectivity index (χ2n) is 6.41. The number of aromatic nitrogens is 2. The van der Waals surface area contributed by atoms with Crippen molar-refractivity contribution in [1.82, 2.24) is 14.9 Å². The minimum absolute atomic E-state index is 0.805. The van der Waals surface area contributed by atoms with Crippen LogP contribution in [0.4, 0.5) is 0 Å². The Kier molecular flexibility index (Phi) is 6.08. The summed E-state index contributed by atoms with van der Waals surface area (Å²) in [7, 11) is 2.08. The molecule has 1 heterocycles. The average Bonchev–Trinajstić information content (AvgIpc) is 2.89. The van der Waals surface area contributed by atoms with Gasteiger partial charge in [-0.25, -0.2) is 4.98 Å². The van der Waals surface area contributed by atoms with Crippen molar-refractivity contribution in [1.29, 1.82) is 0 Å². The fourth-order valence-corrected chi connectivity index (χ4v) is 3.78. The van der Waals surface area contributed by atoms with Gasteiger partial charge in [-0.05, 0) is 50.6 Å². The van der Waals surface area contributed by atoms with E-state index in [0.717, 1.165) is 37.3 Å². The molecule has 1 aromatic rings. The van der Waals surface area contributed by atoms with Gasteiger partial charge in [0.1, 0.15) is 5.82 Å². The second kappa shape index (κ2) is 7.82. The summed E-state index contributed by atoms with van der Waals surface area (Å²) in [6.45, 7) is 6.85. The van der Waals surface area contributed by atoms with Crippen LogP contribution in [0.5, 0.6) is 0 Å². The topological polar surface area (TPSA) is 29.9 Å². The summed E-state index contributed by atoms with van der Waals surface area (Å²) in [5.41, 5.74) is 0. The molecule has 0 saturated heterocycles. The third kappa shape index (κ3) is 3.85. The highest BCUT2D eigenvalue weighted by Crippen LogP contribution is 2.36. The van der Waals surface area contributed by atoms with Crippen LogP contribution in [0.25, 0.3) is 0 Å². The Hall–Kier alpha value is -0.830. The van der Waals surface area contributed by atoms with Crippen LogP contribution in [0.3, 0.4) is 0 Å². The largest absolute Gasteiger partial charge is 0.335 e. The van der Waals surface area contributed by atoms with E-state index in [2.05, 4.69) is 42.0 Å². The summed E-state index contributed by atoms with van der Waals surface area (Å²) in [6, 6.07) is 0. The third-order valence-corrected chi connectivity index (χ3v) is 5.00. The SMILES string of the molecule is CCCn1ccnc1CC1CC(CC)CCC1CNC. The zero-order valence-electron chi connectivity index (χ0n) is 13.4. The number of aryl methyl sites for hydroxylation is 1. The maximum atomic E-state index is 4.62. The zero-order valence-corrected chi connectivity index (χ0v) is 13.4. The Bertz CT molecular complexity index is 385. The number of nitrogens with one attached hydrogen (secondary N) is 1. The van der Waals surface area contributed by atoms with Gasteiger partial charge in [-0.2, -0.15) is 0 Å². The van der Waals surface area contributed by atoms with Crippen LogP contribution in [-0.2, 0) is 13.0 Å². The van der Waals surface area contributed by atoms with Gasteiger partial charge < -0.3 is 9.88 Å². The Morgan fingerprint density at radius 1 is 1.30 bits per heavy atom. The van der Waals surface area contributed by atoms with E-state index in [-0.39, 0.29) is 0 Å². The molecule has 1 fully saturated rings. The van der Waals surface area contributed by atoms with Crippen molar-refractivity contribution in [2.45, 2.75) is 58.9 Å². The van der Waals surface area contributed by atoms with Gasteiger partial charge >= 0.3 is 0 Å². The number of imidazole rings is 1. The first kappa shape index (κ1) is 15.6. The number of hydrogen-bond acceptors (Lipinski definition) is 2. The van der Waals surface area contributed by atoms with Crippen molar-refractivity contribution in [2.24, 2.45) is 17.8 Å². The molecule has 0 spiro atoms. The molecule has 0 amide bonds. The molecule has 114 valence electrons. The van der Waals surface area contributed by atoms with Gasteiger partial charge in [-0.1, -0.05) is 26.7 Å². The van der Waals surface area contributed by atoms with E-state index in [4.69, 9.17) is 0 Å². The summed E-state index contributed by atoms with van der Waals surface area (Å²) in [5, 5.41) is 3.39. The molecule has 3 heteroatoms. The van der Waals surface area contributed by atoms with E-state index in [1.54, 1.807) is 0 Å². The van der Waals surface area contributed by atoms with Crippen LogP contribution in [0.15, 0.2) is 12.4 Å². The van der Waals surface area contributed by atoms with E-state index in [0.29, 0.717) is 0 Å². The van der Waals surface area contributed by atoms with Crippen molar-refractivity contribution >= 4 is 0 Å². The molecule has 1 aliphatic rings. The molecule has 0 radical (unpaired) electrons. The first-order valence-electron chi connectivity index (χ1n) is 8.43. The normalized spacial score (nSPS) is 26.9. The van der Waals surface area contributed by atoms with Crippen LogP contribution >= 0.6 is 0 Å². The summed E-state index contributed by atoms with van der Waals surface area (Å²) >= 11 is 0. The first-order valence-corrected chi connectivity index (χ1v) is 8.43. The van der Waals surface area contributed by atoms with E-state index in [9.17, 15) is 0 Å². The standard InChI is InChI=1S/C17H31N3/c1-4-9-20-10-8-19-17(20)12-16-11-14(5-2)6-7-15(16)13-18-3/h8,10,14-16,18H,4-7,9,11-13H2,1-3H3. The van der Waals surface area contributed by atoms with Crippen molar-refractivity contribution < 1.29 is 0 Å². The van der Waals surface area contributed by atoms with Gasteiger partial charge in [-0.15, -0.1) is 0 Å². The molecule has 1 aromatic heterocycles. The zero-order chi connectivity index (χ0) is 14.4. The van der Waals surface area contributed by atoms with E-state index in [1.165, 1.54) is 37.9 Å². The summed E-state index contributed by atoms with van der Waals surface area (Å²) in [4.78, 5) is 4.62. The highest BCUT2D eigenvalue weighted by atomic mass is 15.1. The van der Waals surface area contributed by atoms with Gasteiger partial charge in [0.2, 0.25) is 0 Å². The molecule has 1 aliphatic carbocycles. The second-order valence-corrected chi connectivity index (χ2v) is 6.41. The van der Waals surface area contributed by atoms with Gasteiger partial charge in [0.25, 0.3) is 0 Å². The minimum atomic E-state index is 0.805. The Labute approximate surface area is 124 Å². The van der Waals surface area contributed by atoms with Gasteiger partial charge in [-0.3, -0.25) is 0 Å². The quantitative estimate of drug-likeness (QED) is 0.826.